The quantitative estimate of drug-likeness (QED) is 0.0261. The molecule has 0 aromatic carbocycles. The molecule has 0 N–H and O–H groups in total. The molecule has 0 amide bonds. The van der Waals surface area contributed by atoms with Gasteiger partial charge in [0.2, 0.25) is 0 Å². The van der Waals surface area contributed by atoms with Crippen molar-refractivity contribution in [2.45, 2.75) is 271 Å². The highest BCUT2D eigenvalue weighted by Gasteiger charge is 2.19. The number of rotatable bonds is 57. The standard InChI is InChI=1S/C75H118O6/c1-4-7-10-13-16-19-22-25-28-30-31-32-33-34-35-36-37-38-39-40-41-42-43-45-47-50-53-56-59-62-65-68-74(77)80-71-72(70-79-73(76)67-64-61-58-55-52-49-46-27-24-21-18-15-12-9-6-3)81-75(78)69-66-63-60-57-54-51-48-44-29-26-23-20-17-14-11-8-5-2/h7,9-10,12,16-21,25-29,31-32,34-35,37-38,40-41,43,45-46,50,53,72H,4-6,8,11,13-15,22-24,30,33,36,39,42,44,47-49,51-52,54-71H2,1-3H3/b10-7-,12-9-,19-16-,20-17-,21-18-,28-25-,29-26-,32-31-,35-34-,38-37-,41-40-,45-43-,46-27-,53-50-. The van der Waals surface area contributed by atoms with E-state index in [0.717, 1.165) is 173 Å². The molecule has 0 saturated heterocycles. The molecule has 454 valence electrons. The van der Waals surface area contributed by atoms with Crippen molar-refractivity contribution in [3.8, 4) is 0 Å². The van der Waals surface area contributed by atoms with Gasteiger partial charge in [0.1, 0.15) is 13.2 Å². The van der Waals surface area contributed by atoms with Gasteiger partial charge in [-0.15, -0.1) is 0 Å². The first-order valence-corrected chi connectivity index (χ1v) is 32.6. The van der Waals surface area contributed by atoms with E-state index in [0.29, 0.717) is 19.3 Å². The summed E-state index contributed by atoms with van der Waals surface area (Å²) in [5.41, 5.74) is 0. The monoisotopic (exact) mass is 1110 g/mol. The van der Waals surface area contributed by atoms with E-state index in [-0.39, 0.29) is 31.1 Å². The smallest absolute Gasteiger partial charge is 0.306 e. The van der Waals surface area contributed by atoms with Crippen LogP contribution in [0.1, 0.15) is 265 Å². The molecular weight excluding hydrogens is 997 g/mol. The van der Waals surface area contributed by atoms with Crippen molar-refractivity contribution in [3.05, 3.63) is 170 Å². The molecule has 1 atom stereocenters. The summed E-state index contributed by atoms with van der Waals surface area (Å²) < 4.78 is 16.9. The number of carbonyl (C=O) groups excluding carboxylic acids is 3. The van der Waals surface area contributed by atoms with Crippen LogP contribution in [0, 0.1) is 0 Å². The number of hydrogen-bond donors (Lipinski definition) is 0. The topological polar surface area (TPSA) is 78.9 Å². The van der Waals surface area contributed by atoms with Gasteiger partial charge >= 0.3 is 17.9 Å². The van der Waals surface area contributed by atoms with Gasteiger partial charge < -0.3 is 14.2 Å². The Kier molecular flexibility index (Phi) is 62.9. The average Bonchev–Trinajstić information content (AvgIpc) is 3.47. The number of unbranched alkanes of at least 4 members (excludes halogenated alkanes) is 18. The first-order valence-electron chi connectivity index (χ1n) is 32.6. The highest BCUT2D eigenvalue weighted by Crippen LogP contribution is 2.14. The zero-order valence-corrected chi connectivity index (χ0v) is 52.0. The Morgan fingerprint density at radius 3 is 0.765 bits per heavy atom. The van der Waals surface area contributed by atoms with E-state index < -0.39 is 6.10 Å². The van der Waals surface area contributed by atoms with Gasteiger partial charge in [0, 0.05) is 19.3 Å². The van der Waals surface area contributed by atoms with Gasteiger partial charge in [-0.25, -0.2) is 0 Å². The van der Waals surface area contributed by atoms with Crippen molar-refractivity contribution in [1.82, 2.24) is 0 Å². The Morgan fingerprint density at radius 2 is 0.481 bits per heavy atom. The molecule has 81 heavy (non-hydrogen) atoms. The minimum Gasteiger partial charge on any atom is -0.462 e. The maximum atomic E-state index is 12.9. The van der Waals surface area contributed by atoms with Crippen molar-refractivity contribution in [3.63, 3.8) is 0 Å². The molecular formula is C75H118O6. The number of allylic oxidation sites excluding steroid dienone is 28. The molecule has 1 unspecified atom stereocenters. The second kappa shape index (κ2) is 67.3. The van der Waals surface area contributed by atoms with E-state index in [1.807, 2.05) is 0 Å². The summed E-state index contributed by atoms with van der Waals surface area (Å²) in [6, 6.07) is 0. The molecule has 0 fully saturated rings. The highest BCUT2D eigenvalue weighted by atomic mass is 16.6. The molecule has 0 saturated carbocycles. The van der Waals surface area contributed by atoms with Crippen LogP contribution in [0.25, 0.3) is 0 Å². The van der Waals surface area contributed by atoms with Crippen LogP contribution in [0.3, 0.4) is 0 Å². The Hall–Kier alpha value is -5.23. The third-order valence-electron chi connectivity index (χ3n) is 13.2. The van der Waals surface area contributed by atoms with Crippen molar-refractivity contribution in [2.24, 2.45) is 0 Å². The van der Waals surface area contributed by atoms with Gasteiger partial charge in [-0.1, -0.05) is 262 Å². The fourth-order valence-corrected chi connectivity index (χ4v) is 8.36. The lowest BCUT2D eigenvalue weighted by atomic mass is 10.1. The number of ether oxygens (including phenoxy) is 3. The second-order valence-electron chi connectivity index (χ2n) is 20.9. The van der Waals surface area contributed by atoms with Gasteiger partial charge in [0.25, 0.3) is 0 Å². The van der Waals surface area contributed by atoms with E-state index in [1.54, 1.807) is 0 Å². The van der Waals surface area contributed by atoms with E-state index in [2.05, 4.69) is 191 Å². The van der Waals surface area contributed by atoms with Gasteiger partial charge in [0.05, 0.1) is 0 Å². The van der Waals surface area contributed by atoms with Crippen molar-refractivity contribution >= 4 is 17.9 Å². The molecule has 6 heteroatoms. The van der Waals surface area contributed by atoms with Gasteiger partial charge in [-0.05, 0) is 154 Å². The molecule has 0 radical (unpaired) electrons. The SMILES string of the molecule is CC/C=C\C/C=C\C/C=C\C/C=C\C/C=C\C/C=C\C/C=C\C/C=C\C/C=C\CCCCCC(=O)OCC(COC(=O)CCCCCCC/C=C\C/C=C\C/C=C\CC)OC(=O)CCCCCCCCC/C=C\C/C=C\CCCCC. The normalized spacial score (nSPS) is 13.3. The molecule has 0 aliphatic rings. The minimum atomic E-state index is -0.814. The molecule has 0 aliphatic heterocycles. The number of carbonyl (C=O) groups is 3. The van der Waals surface area contributed by atoms with Crippen molar-refractivity contribution < 1.29 is 28.6 Å². The highest BCUT2D eigenvalue weighted by molar-refractivity contribution is 5.71. The zero-order chi connectivity index (χ0) is 58.5. The Balaban J connectivity index is 4.45. The van der Waals surface area contributed by atoms with E-state index in [4.69, 9.17) is 14.2 Å². The molecule has 0 aliphatic carbocycles. The first kappa shape index (κ1) is 75.8. The lowest BCUT2D eigenvalue weighted by molar-refractivity contribution is -0.167. The summed E-state index contributed by atoms with van der Waals surface area (Å²) in [4.78, 5) is 38.3. The van der Waals surface area contributed by atoms with E-state index in [1.165, 1.54) is 51.4 Å². The Bertz CT molecular complexity index is 1860. The number of hydrogen-bond acceptors (Lipinski definition) is 6. The number of esters is 3. The predicted octanol–water partition coefficient (Wildman–Crippen LogP) is 22.7. The third-order valence-corrected chi connectivity index (χ3v) is 13.2. The van der Waals surface area contributed by atoms with Crippen LogP contribution in [-0.4, -0.2) is 37.2 Å². The van der Waals surface area contributed by atoms with Crippen molar-refractivity contribution in [1.29, 1.82) is 0 Å². The summed E-state index contributed by atoms with van der Waals surface area (Å²) in [6.07, 6.45) is 99.3. The van der Waals surface area contributed by atoms with Gasteiger partial charge in [-0.3, -0.25) is 14.4 Å². The summed E-state index contributed by atoms with van der Waals surface area (Å²) in [7, 11) is 0. The Morgan fingerprint density at radius 1 is 0.259 bits per heavy atom. The third kappa shape index (κ3) is 65.5. The molecule has 0 heterocycles. The molecule has 0 rings (SSSR count). The Labute approximate surface area is 498 Å². The van der Waals surface area contributed by atoms with Crippen LogP contribution < -0.4 is 0 Å². The molecule has 0 aromatic rings. The fraction of sp³-hybridized carbons (Fsp3) is 0.587. The van der Waals surface area contributed by atoms with Gasteiger partial charge in [0.15, 0.2) is 6.10 Å². The van der Waals surface area contributed by atoms with Crippen LogP contribution in [0.2, 0.25) is 0 Å². The summed E-state index contributed by atoms with van der Waals surface area (Å²) in [6.45, 7) is 6.33. The second-order valence-corrected chi connectivity index (χ2v) is 20.9. The summed E-state index contributed by atoms with van der Waals surface area (Å²) >= 11 is 0. The zero-order valence-electron chi connectivity index (χ0n) is 52.0. The minimum absolute atomic E-state index is 0.108. The molecule has 6 nitrogen and oxygen atoms in total. The maximum Gasteiger partial charge on any atom is 0.306 e. The largest absolute Gasteiger partial charge is 0.462 e. The fourth-order valence-electron chi connectivity index (χ4n) is 8.36. The molecule has 0 bridgehead atoms. The lowest BCUT2D eigenvalue weighted by Gasteiger charge is -2.18. The summed E-state index contributed by atoms with van der Waals surface area (Å²) in [5.74, 6) is -0.969. The predicted molar refractivity (Wildman–Crippen MR) is 352 cm³/mol. The van der Waals surface area contributed by atoms with Crippen LogP contribution >= 0.6 is 0 Å². The van der Waals surface area contributed by atoms with Gasteiger partial charge in [-0.2, -0.15) is 0 Å². The maximum absolute atomic E-state index is 12.9. The molecule has 0 spiro atoms. The molecule has 0 aromatic heterocycles. The van der Waals surface area contributed by atoms with Crippen LogP contribution in [0.5, 0.6) is 0 Å². The summed E-state index contributed by atoms with van der Waals surface area (Å²) in [5, 5.41) is 0. The van der Waals surface area contributed by atoms with Crippen LogP contribution in [0.15, 0.2) is 170 Å². The van der Waals surface area contributed by atoms with Crippen molar-refractivity contribution in [2.75, 3.05) is 13.2 Å². The lowest BCUT2D eigenvalue weighted by Crippen LogP contribution is -2.30. The van der Waals surface area contributed by atoms with Crippen LogP contribution in [0.4, 0.5) is 0 Å². The van der Waals surface area contributed by atoms with Crippen LogP contribution in [-0.2, 0) is 28.6 Å². The van der Waals surface area contributed by atoms with E-state index in [9.17, 15) is 14.4 Å². The van der Waals surface area contributed by atoms with E-state index >= 15 is 0 Å². The first-order chi connectivity index (χ1) is 40.0. The average molecular weight is 1120 g/mol.